The molecular weight excluding hydrogens is 678 g/mol. The highest BCUT2D eigenvalue weighted by molar-refractivity contribution is 7.91. The van der Waals surface area contributed by atoms with Crippen molar-refractivity contribution in [3.8, 4) is 11.1 Å². The molecule has 1 heterocycles. The molecule has 2 aromatic carbocycles. The Hall–Kier alpha value is -4.46. The molecule has 2 aromatic rings. The molecule has 4 atom stereocenters. The van der Waals surface area contributed by atoms with Crippen LogP contribution in [0.1, 0.15) is 65.7 Å². The van der Waals surface area contributed by atoms with Crippen LogP contribution in [0.4, 0.5) is 14.9 Å². The van der Waals surface area contributed by atoms with Crippen LogP contribution in [0.3, 0.4) is 0 Å². The number of halogens is 1. The molecule has 3 N–H and O–H groups in total. The highest BCUT2D eigenvalue weighted by Gasteiger charge is 2.62. The van der Waals surface area contributed by atoms with E-state index in [-0.39, 0.29) is 31.6 Å². The minimum Gasteiger partial charge on any atom is -0.446 e. The maximum Gasteiger partial charge on any atom is 0.408 e. The Bertz CT molecular complexity index is 1800. The number of hydrogen-bond donors (Lipinski definition) is 3. The van der Waals surface area contributed by atoms with Gasteiger partial charge in [-0.1, -0.05) is 57.2 Å². The Morgan fingerprint density at radius 3 is 2.27 bits per heavy atom. The minimum atomic E-state index is -3.89. The molecule has 0 radical (unpaired) electrons. The molecule has 6 rings (SSSR count). The molecule has 1 saturated heterocycles. The maximum atomic E-state index is 14.5. The Labute approximate surface area is 298 Å². The molecular formula is C37H46FN5O7S. The second kappa shape index (κ2) is 13.9. The van der Waals surface area contributed by atoms with E-state index in [4.69, 9.17) is 4.74 Å². The lowest BCUT2D eigenvalue weighted by atomic mass is 9.85. The number of alkyl carbamates (subject to hydrolysis) is 1. The third kappa shape index (κ3) is 7.75. The summed E-state index contributed by atoms with van der Waals surface area (Å²) >= 11 is 0. The quantitative estimate of drug-likeness (QED) is 0.292. The van der Waals surface area contributed by atoms with Crippen molar-refractivity contribution in [1.82, 2.24) is 20.3 Å². The summed E-state index contributed by atoms with van der Waals surface area (Å²) in [5.74, 6) is -2.90. The molecule has 3 aliphatic carbocycles. The van der Waals surface area contributed by atoms with Gasteiger partial charge in [0.25, 0.3) is 5.91 Å². The fourth-order valence-corrected chi connectivity index (χ4v) is 8.34. The van der Waals surface area contributed by atoms with Crippen LogP contribution in [0.5, 0.6) is 0 Å². The number of amides is 4. The third-order valence-electron chi connectivity index (χ3n) is 10.3. The van der Waals surface area contributed by atoms with E-state index in [1.165, 1.54) is 17.0 Å². The molecule has 0 aromatic heterocycles. The van der Waals surface area contributed by atoms with E-state index in [0.29, 0.717) is 29.7 Å². The van der Waals surface area contributed by atoms with Gasteiger partial charge < -0.3 is 25.2 Å². The van der Waals surface area contributed by atoms with Gasteiger partial charge >= 0.3 is 6.09 Å². The Morgan fingerprint density at radius 2 is 1.69 bits per heavy atom. The normalized spacial score (nSPS) is 24.1. The van der Waals surface area contributed by atoms with Crippen molar-refractivity contribution >= 4 is 39.5 Å². The molecule has 51 heavy (non-hydrogen) atoms. The highest BCUT2D eigenvalue weighted by Crippen LogP contribution is 2.45. The second-order valence-corrected chi connectivity index (χ2v) is 17.1. The zero-order valence-corrected chi connectivity index (χ0v) is 30.0. The van der Waals surface area contributed by atoms with Crippen molar-refractivity contribution in [2.24, 2.45) is 11.3 Å². The number of nitrogens with zero attached hydrogens (tertiary/aromatic N) is 2. The number of hydrogen-bond acceptors (Lipinski definition) is 8. The molecule has 4 fully saturated rings. The van der Waals surface area contributed by atoms with Crippen molar-refractivity contribution in [3.63, 3.8) is 0 Å². The van der Waals surface area contributed by atoms with E-state index in [0.717, 1.165) is 25.7 Å². The monoisotopic (exact) mass is 723 g/mol. The van der Waals surface area contributed by atoms with E-state index in [9.17, 15) is 32.0 Å². The van der Waals surface area contributed by atoms with Crippen LogP contribution in [0.15, 0.2) is 61.2 Å². The molecule has 4 amide bonds. The zero-order chi connectivity index (χ0) is 36.7. The average molecular weight is 724 g/mol. The summed E-state index contributed by atoms with van der Waals surface area (Å²) in [5, 5.41) is 4.91. The Morgan fingerprint density at radius 1 is 1.02 bits per heavy atom. The van der Waals surface area contributed by atoms with Gasteiger partial charge in [0.2, 0.25) is 21.8 Å². The number of nitrogens with one attached hydrogen (secondary N) is 3. The van der Waals surface area contributed by atoms with Crippen LogP contribution in [-0.4, -0.2) is 79.3 Å². The fourth-order valence-electron chi connectivity index (χ4n) is 6.97. The summed E-state index contributed by atoms with van der Waals surface area (Å²) in [6.07, 6.45) is 5.05. The number of carbonyl (C=O) groups excluding carboxylic acids is 4. The topological polar surface area (TPSA) is 154 Å². The van der Waals surface area contributed by atoms with E-state index in [1.807, 2.05) is 4.90 Å². The predicted octanol–water partition coefficient (Wildman–Crippen LogP) is 4.22. The van der Waals surface area contributed by atoms with Gasteiger partial charge in [-0.05, 0) is 74.1 Å². The number of ether oxygens (including phenoxy) is 1. The Kier molecular flexibility index (Phi) is 9.92. The van der Waals surface area contributed by atoms with E-state index in [1.54, 1.807) is 63.2 Å². The van der Waals surface area contributed by atoms with Crippen LogP contribution in [0, 0.1) is 17.2 Å². The van der Waals surface area contributed by atoms with Gasteiger partial charge in [0.15, 0.2) is 0 Å². The number of rotatable bonds is 11. The van der Waals surface area contributed by atoms with Crippen LogP contribution in [0.25, 0.3) is 11.1 Å². The number of sulfonamides is 1. The van der Waals surface area contributed by atoms with Crippen LogP contribution >= 0.6 is 0 Å². The third-order valence-corrected chi connectivity index (χ3v) is 12.1. The minimum absolute atomic E-state index is 0.0246. The maximum absolute atomic E-state index is 14.5. The first-order chi connectivity index (χ1) is 24.1. The Balaban J connectivity index is 1.27. The molecule has 0 bridgehead atoms. The first kappa shape index (κ1) is 36.3. The van der Waals surface area contributed by atoms with Gasteiger partial charge in [0.05, 0.1) is 11.9 Å². The molecule has 4 aliphatic rings. The van der Waals surface area contributed by atoms with E-state index < -0.39 is 68.0 Å². The van der Waals surface area contributed by atoms with Gasteiger partial charge in [-0.2, -0.15) is 0 Å². The number of anilines is 1. The van der Waals surface area contributed by atoms with Crippen molar-refractivity contribution in [1.29, 1.82) is 0 Å². The molecule has 14 heteroatoms. The summed E-state index contributed by atoms with van der Waals surface area (Å²) in [5.41, 5.74) is -0.602. The number of carbonyl (C=O) groups is 4. The summed E-state index contributed by atoms with van der Waals surface area (Å²) in [4.78, 5) is 58.3. The largest absolute Gasteiger partial charge is 0.446 e. The van der Waals surface area contributed by atoms with E-state index in [2.05, 4.69) is 21.9 Å². The van der Waals surface area contributed by atoms with Crippen molar-refractivity contribution in [2.75, 3.05) is 18.1 Å². The van der Waals surface area contributed by atoms with Crippen LogP contribution < -0.4 is 20.3 Å². The van der Waals surface area contributed by atoms with Crippen molar-refractivity contribution in [2.45, 2.75) is 94.7 Å². The lowest BCUT2D eigenvalue weighted by Crippen LogP contribution is -2.60. The standard InChI is InChI=1S/C37H46FN5O7S/c1-5-24-20-37(24,34(46)41-51(48,49)27-18-19-27)40-32(44)30-21-42(25-16-14-23(15-17-25)28-12-8-9-13-29(28)38)22-43(30)33(45)31(36(2,3)4)39-35(47)50-26-10-6-7-11-26/h5,8-9,12-17,24,26-27,30-31H,1,6-7,10-11,18-22H2,2-4H3,(H,39,47)(H,40,44)(H,41,46)/t24-,30+,31-,37-/m1/s1. The van der Waals surface area contributed by atoms with Crippen molar-refractivity contribution < 1.29 is 36.7 Å². The van der Waals surface area contributed by atoms with Gasteiger partial charge in [0, 0.05) is 23.7 Å². The molecule has 12 nitrogen and oxygen atoms in total. The van der Waals surface area contributed by atoms with E-state index >= 15 is 0 Å². The highest BCUT2D eigenvalue weighted by atomic mass is 32.2. The summed E-state index contributed by atoms with van der Waals surface area (Å²) in [7, 11) is -3.89. The molecule has 3 saturated carbocycles. The second-order valence-electron chi connectivity index (χ2n) is 15.2. The average Bonchev–Trinajstić information content (AvgIpc) is 3.96. The zero-order valence-electron chi connectivity index (χ0n) is 29.2. The SMILES string of the molecule is C=C[C@@H]1C[C@]1(NC(=O)[C@@H]1CN(c2ccc(-c3ccccc3F)cc2)CN1C(=O)[C@@H](NC(=O)OC1CCCC1)C(C)(C)C)C(=O)NS(=O)(=O)C1CC1. The lowest BCUT2D eigenvalue weighted by Gasteiger charge is -2.35. The molecule has 0 unspecified atom stereocenters. The summed E-state index contributed by atoms with van der Waals surface area (Å²) < 4.78 is 47.6. The summed E-state index contributed by atoms with van der Waals surface area (Å²) in [6.45, 7) is 9.15. The van der Waals surface area contributed by atoms with Gasteiger partial charge in [-0.3, -0.25) is 19.1 Å². The predicted molar refractivity (Wildman–Crippen MR) is 189 cm³/mol. The molecule has 274 valence electrons. The lowest BCUT2D eigenvalue weighted by molar-refractivity contribution is -0.142. The fraction of sp³-hybridized carbons (Fsp3) is 0.514. The first-order valence-electron chi connectivity index (χ1n) is 17.5. The van der Waals surface area contributed by atoms with Gasteiger partial charge in [0.1, 0.15) is 29.5 Å². The molecule has 1 aliphatic heterocycles. The smallest absolute Gasteiger partial charge is 0.408 e. The first-order valence-corrected chi connectivity index (χ1v) is 19.1. The summed E-state index contributed by atoms with van der Waals surface area (Å²) in [6, 6.07) is 11.3. The van der Waals surface area contributed by atoms with Crippen LogP contribution in [0.2, 0.25) is 0 Å². The van der Waals surface area contributed by atoms with Crippen LogP contribution in [-0.2, 0) is 29.1 Å². The molecule has 0 spiro atoms. The number of benzene rings is 2. The van der Waals surface area contributed by atoms with Gasteiger partial charge in [-0.25, -0.2) is 17.6 Å². The van der Waals surface area contributed by atoms with Crippen molar-refractivity contribution in [3.05, 3.63) is 67.0 Å². The van der Waals surface area contributed by atoms with Gasteiger partial charge in [-0.15, -0.1) is 6.58 Å².